The Hall–Kier alpha value is -2.47. The highest BCUT2D eigenvalue weighted by Gasteiger charge is 2.31. The minimum absolute atomic E-state index is 0.227. The van der Waals surface area contributed by atoms with Crippen molar-refractivity contribution in [2.75, 3.05) is 0 Å². The van der Waals surface area contributed by atoms with Crippen LogP contribution < -0.4 is 9.47 Å². The van der Waals surface area contributed by atoms with Gasteiger partial charge < -0.3 is 9.47 Å². The first kappa shape index (κ1) is 19.3. The molecule has 0 atom stereocenters. The molecule has 0 spiro atoms. The van der Waals surface area contributed by atoms with Crippen LogP contribution in [-0.2, 0) is 12.8 Å². The van der Waals surface area contributed by atoms with E-state index in [1.165, 1.54) is 6.07 Å². The van der Waals surface area contributed by atoms with Crippen molar-refractivity contribution in [1.29, 1.82) is 0 Å². The first-order valence-electron chi connectivity index (χ1n) is 8.14. The smallest absolute Gasteiger partial charge is 0.416 e. The summed E-state index contributed by atoms with van der Waals surface area (Å²) in [4.78, 5) is 0. The number of alkyl halides is 3. The van der Waals surface area contributed by atoms with Crippen LogP contribution in [0.4, 0.5) is 13.2 Å². The van der Waals surface area contributed by atoms with Crippen molar-refractivity contribution in [1.82, 2.24) is 0 Å². The molecule has 0 saturated carbocycles. The third-order valence-electron chi connectivity index (χ3n) is 3.76. The summed E-state index contributed by atoms with van der Waals surface area (Å²) in [5.41, 5.74) is 1.21. The van der Waals surface area contributed by atoms with Gasteiger partial charge in [0.1, 0.15) is 23.9 Å². The third kappa shape index (κ3) is 5.26. The lowest BCUT2D eigenvalue weighted by atomic mass is 10.2. The van der Waals surface area contributed by atoms with Crippen molar-refractivity contribution in [3.05, 3.63) is 87.9 Å². The molecule has 27 heavy (non-hydrogen) atoms. The van der Waals surface area contributed by atoms with E-state index in [-0.39, 0.29) is 4.47 Å². The second-order valence-electron chi connectivity index (χ2n) is 6.00. The van der Waals surface area contributed by atoms with Crippen LogP contribution in [0.25, 0.3) is 0 Å². The van der Waals surface area contributed by atoms with E-state index in [0.29, 0.717) is 23.9 Å². The average molecular weight is 437 g/mol. The fourth-order valence-electron chi connectivity index (χ4n) is 2.48. The Balaban J connectivity index is 1.76. The molecule has 140 valence electrons. The predicted molar refractivity (Wildman–Crippen MR) is 101 cm³/mol. The quantitative estimate of drug-likeness (QED) is 0.422. The number of hydrogen-bond acceptors (Lipinski definition) is 2. The molecule has 3 aromatic rings. The molecule has 0 unspecified atom stereocenters. The SMILES string of the molecule is Cc1cc(OCc2ccccc2)cc(Oc2ccc(C(F)(F)F)cc2Br)c1. The summed E-state index contributed by atoms with van der Waals surface area (Å²) in [5.74, 6) is 1.40. The van der Waals surface area contributed by atoms with Crippen molar-refractivity contribution in [2.45, 2.75) is 19.7 Å². The van der Waals surface area contributed by atoms with Gasteiger partial charge in [-0.25, -0.2) is 0 Å². The lowest BCUT2D eigenvalue weighted by molar-refractivity contribution is -0.137. The van der Waals surface area contributed by atoms with Crippen LogP contribution in [0.2, 0.25) is 0 Å². The van der Waals surface area contributed by atoms with E-state index >= 15 is 0 Å². The van der Waals surface area contributed by atoms with Crippen molar-refractivity contribution in [3.8, 4) is 17.2 Å². The fraction of sp³-hybridized carbons (Fsp3) is 0.143. The summed E-state index contributed by atoms with van der Waals surface area (Å²) >= 11 is 3.14. The standard InChI is InChI=1S/C21H16BrF3O2/c1-14-9-17(26-13-15-5-3-2-4-6-15)12-18(10-14)27-20-8-7-16(11-19(20)22)21(23,24)25/h2-12H,13H2,1H3. The molecule has 6 heteroatoms. The summed E-state index contributed by atoms with van der Waals surface area (Å²) in [6.07, 6.45) is -4.40. The van der Waals surface area contributed by atoms with Crippen molar-refractivity contribution >= 4 is 15.9 Å². The van der Waals surface area contributed by atoms with Crippen LogP contribution in [-0.4, -0.2) is 0 Å². The molecule has 0 aliphatic heterocycles. The van der Waals surface area contributed by atoms with Crippen molar-refractivity contribution < 1.29 is 22.6 Å². The van der Waals surface area contributed by atoms with Crippen LogP contribution in [0.3, 0.4) is 0 Å². The van der Waals surface area contributed by atoms with Crippen LogP contribution in [0, 0.1) is 6.92 Å². The van der Waals surface area contributed by atoms with Gasteiger partial charge in [0.2, 0.25) is 0 Å². The zero-order chi connectivity index (χ0) is 19.4. The minimum atomic E-state index is -4.40. The number of benzene rings is 3. The summed E-state index contributed by atoms with van der Waals surface area (Å²) in [6.45, 7) is 2.30. The second-order valence-corrected chi connectivity index (χ2v) is 6.86. The van der Waals surface area contributed by atoms with Crippen LogP contribution in [0.15, 0.2) is 71.2 Å². The Morgan fingerprint density at radius 1 is 0.889 bits per heavy atom. The molecule has 0 saturated heterocycles. The van der Waals surface area contributed by atoms with Gasteiger partial charge in [-0.05, 0) is 64.3 Å². The molecule has 0 N–H and O–H groups in total. The second kappa shape index (κ2) is 8.05. The number of aryl methyl sites for hydroxylation is 1. The van der Waals surface area contributed by atoms with E-state index in [9.17, 15) is 13.2 Å². The summed E-state index contributed by atoms with van der Waals surface area (Å²) in [5, 5.41) is 0. The summed E-state index contributed by atoms with van der Waals surface area (Å²) < 4.78 is 50.1. The number of halogens is 4. The Kier molecular flexibility index (Phi) is 5.75. The highest BCUT2D eigenvalue weighted by atomic mass is 79.9. The molecule has 0 radical (unpaired) electrons. The van der Waals surface area contributed by atoms with Gasteiger partial charge in [0, 0.05) is 6.07 Å². The van der Waals surface area contributed by atoms with Gasteiger partial charge in [0.25, 0.3) is 0 Å². The number of rotatable bonds is 5. The van der Waals surface area contributed by atoms with Gasteiger partial charge >= 0.3 is 6.18 Å². The molecule has 0 aliphatic rings. The van der Waals surface area contributed by atoms with Crippen molar-refractivity contribution in [3.63, 3.8) is 0 Å². The molecular weight excluding hydrogens is 421 g/mol. The zero-order valence-electron chi connectivity index (χ0n) is 14.4. The van der Waals surface area contributed by atoms with E-state index in [1.807, 2.05) is 43.3 Å². The van der Waals surface area contributed by atoms with E-state index in [2.05, 4.69) is 15.9 Å². The summed E-state index contributed by atoms with van der Waals surface area (Å²) in [6, 6.07) is 18.4. The van der Waals surface area contributed by atoms with E-state index < -0.39 is 11.7 Å². The van der Waals surface area contributed by atoms with Gasteiger partial charge in [0.05, 0.1) is 10.0 Å². The topological polar surface area (TPSA) is 18.5 Å². The molecule has 0 bridgehead atoms. The highest BCUT2D eigenvalue weighted by Crippen LogP contribution is 2.37. The molecular formula is C21H16BrF3O2. The van der Waals surface area contributed by atoms with Gasteiger partial charge in [0.15, 0.2) is 0 Å². The van der Waals surface area contributed by atoms with E-state index in [1.54, 1.807) is 12.1 Å². The average Bonchev–Trinajstić information content (AvgIpc) is 2.61. The van der Waals surface area contributed by atoms with Crippen LogP contribution >= 0.6 is 15.9 Å². The normalized spacial score (nSPS) is 11.3. The monoisotopic (exact) mass is 436 g/mol. The first-order chi connectivity index (χ1) is 12.8. The maximum Gasteiger partial charge on any atom is 0.416 e. The zero-order valence-corrected chi connectivity index (χ0v) is 16.0. The largest absolute Gasteiger partial charge is 0.489 e. The van der Waals surface area contributed by atoms with Gasteiger partial charge in [-0.3, -0.25) is 0 Å². The summed E-state index contributed by atoms with van der Waals surface area (Å²) in [7, 11) is 0. The Morgan fingerprint density at radius 3 is 2.26 bits per heavy atom. The van der Waals surface area contributed by atoms with E-state index in [4.69, 9.17) is 9.47 Å². The van der Waals surface area contributed by atoms with E-state index in [0.717, 1.165) is 23.3 Å². The number of hydrogen-bond donors (Lipinski definition) is 0. The lowest BCUT2D eigenvalue weighted by Gasteiger charge is -2.13. The fourth-order valence-corrected chi connectivity index (χ4v) is 2.94. The molecule has 3 rings (SSSR count). The minimum Gasteiger partial charge on any atom is -0.489 e. The van der Waals surface area contributed by atoms with Crippen molar-refractivity contribution in [2.24, 2.45) is 0 Å². The molecule has 0 amide bonds. The maximum atomic E-state index is 12.8. The molecule has 2 nitrogen and oxygen atoms in total. The molecule has 0 fully saturated rings. The Labute approximate surface area is 163 Å². The highest BCUT2D eigenvalue weighted by molar-refractivity contribution is 9.10. The maximum absolute atomic E-state index is 12.8. The molecule has 0 aliphatic carbocycles. The molecule has 3 aromatic carbocycles. The van der Waals surface area contributed by atoms with Crippen LogP contribution in [0.1, 0.15) is 16.7 Å². The molecule has 0 heterocycles. The predicted octanol–water partition coefficient (Wildman–Crippen LogP) is 7.15. The van der Waals surface area contributed by atoms with Crippen LogP contribution in [0.5, 0.6) is 17.2 Å². The Bertz CT molecular complexity index is 924. The number of ether oxygens (including phenoxy) is 2. The van der Waals surface area contributed by atoms with Gasteiger partial charge in [-0.1, -0.05) is 30.3 Å². The first-order valence-corrected chi connectivity index (χ1v) is 8.93. The Morgan fingerprint density at radius 2 is 1.59 bits per heavy atom. The third-order valence-corrected chi connectivity index (χ3v) is 4.38. The lowest BCUT2D eigenvalue weighted by Crippen LogP contribution is -2.04. The van der Waals surface area contributed by atoms with Gasteiger partial charge in [-0.2, -0.15) is 13.2 Å². The molecule has 0 aromatic heterocycles. The van der Waals surface area contributed by atoms with Gasteiger partial charge in [-0.15, -0.1) is 0 Å².